The smallest absolute Gasteiger partial charge is 0.211 e. The lowest BCUT2D eigenvalue weighted by Crippen LogP contribution is -1.89. The van der Waals surface area contributed by atoms with Crippen molar-refractivity contribution in [2.45, 2.75) is 206 Å². The summed E-state index contributed by atoms with van der Waals surface area (Å²) in [5.41, 5.74) is 0. The minimum Gasteiger partial charge on any atom is -0.211 e. The van der Waals surface area contributed by atoms with Crippen LogP contribution in [0.15, 0.2) is 0 Å². The van der Waals surface area contributed by atoms with Crippen molar-refractivity contribution < 1.29 is 8.78 Å². The molecule has 0 aliphatic rings. The van der Waals surface area contributed by atoms with Crippen molar-refractivity contribution in [3.05, 3.63) is 0 Å². The fourth-order valence-corrected chi connectivity index (χ4v) is 5.14. The Morgan fingerprint density at radius 2 is 0.471 bits per heavy atom. The van der Waals surface area contributed by atoms with E-state index in [0.29, 0.717) is 6.42 Å². The highest BCUT2D eigenvalue weighted by Crippen LogP contribution is 2.16. The second-order valence-electron chi connectivity index (χ2n) is 11.1. The third-order valence-electron chi connectivity index (χ3n) is 7.53. The van der Waals surface area contributed by atoms with Crippen LogP contribution in [-0.4, -0.2) is 6.43 Å². The molecule has 0 N–H and O–H groups in total. The monoisotopic (exact) mass is 486 g/mol. The van der Waals surface area contributed by atoms with Crippen LogP contribution in [0.4, 0.5) is 8.78 Å². The van der Waals surface area contributed by atoms with E-state index in [0.717, 1.165) is 12.8 Å². The van der Waals surface area contributed by atoms with Crippen LogP contribution >= 0.6 is 0 Å². The lowest BCUT2D eigenvalue weighted by molar-refractivity contribution is 0.133. The summed E-state index contributed by atoms with van der Waals surface area (Å²) in [5.74, 6) is 0. The standard InChI is InChI=1S/C32H64F2/c1-2-3-4-5-6-7-8-9-10-11-12-13-14-15-16-17-18-19-20-21-22-23-24-25-26-27-28-29-30-31-32(33)34/h32H,2-31H2,1H3. The van der Waals surface area contributed by atoms with Crippen LogP contribution in [0.3, 0.4) is 0 Å². The molecule has 0 fully saturated rings. The van der Waals surface area contributed by atoms with E-state index >= 15 is 0 Å². The highest BCUT2D eigenvalue weighted by Gasteiger charge is 2.01. The van der Waals surface area contributed by atoms with E-state index < -0.39 is 6.43 Å². The molecule has 0 aliphatic heterocycles. The first-order valence-electron chi connectivity index (χ1n) is 16.1. The van der Waals surface area contributed by atoms with Crippen molar-refractivity contribution in [1.29, 1.82) is 0 Å². The van der Waals surface area contributed by atoms with Crippen molar-refractivity contribution in [2.24, 2.45) is 0 Å². The first kappa shape index (κ1) is 33.9. The highest BCUT2D eigenvalue weighted by molar-refractivity contribution is 4.52. The minimum absolute atomic E-state index is 0.0967. The third kappa shape index (κ3) is 31.9. The maximum atomic E-state index is 12.0. The zero-order chi connectivity index (χ0) is 24.8. The lowest BCUT2D eigenvalue weighted by atomic mass is 10.0. The molecule has 0 spiro atoms. The Labute approximate surface area is 214 Å². The molecule has 2 heteroatoms. The quantitative estimate of drug-likeness (QED) is 0.0885. The van der Waals surface area contributed by atoms with Crippen molar-refractivity contribution >= 4 is 0 Å². The van der Waals surface area contributed by atoms with Gasteiger partial charge in [0.2, 0.25) is 6.43 Å². The van der Waals surface area contributed by atoms with E-state index in [1.54, 1.807) is 0 Å². The van der Waals surface area contributed by atoms with E-state index in [4.69, 9.17) is 0 Å². The van der Waals surface area contributed by atoms with Gasteiger partial charge in [0, 0.05) is 6.42 Å². The maximum absolute atomic E-state index is 12.0. The molecule has 0 unspecified atom stereocenters. The molecule has 0 rings (SSSR count). The second kappa shape index (κ2) is 30.9. The minimum atomic E-state index is -2.10. The lowest BCUT2D eigenvalue weighted by Gasteiger charge is -2.04. The molecule has 0 atom stereocenters. The average Bonchev–Trinajstić information content (AvgIpc) is 2.83. The Bertz CT molecular complexity index is 342. The summed E-state index contributed by atoms with van der Waals surface area (Å²) >= 11 is 0. The molecule has 0 aromatic heterocycles. The van der Waals surface area contributed by atoms with Crippen LogP contribution < -0.4 is 0 Å². The Kier molecular flexibility index (Phi) is 30.8. The van der Waals surface area contributed by atoms with Crippen LogP contribution in [0.5, 0.6) is 0 Å². The van der Waals surface area contributed by atoms with Crippen LogP contribution in [0.25, 0.3) is 0 Å². The first-order chi connectivity index (χ1) is 16.8. The molecule has 0 heterocycles. The molecule has 0 aromatic carbocycles. The van der Waals surface area contributed by atoms with Crippen LogP contribution in [-0.2, 0) is 0 Å². The largest absolute Gasteiger partial charge is 0.238 e. The zero-order valence-electron chi connectivity index (χ0n) is 23.5. The summed E-state index contributed by atoms with van der Waals surface area (Å²) in [6.45, 7) is 2.30. The Morgan fingerprint density at radius 1 is 0.294 bits per heavy atom. The first-order valence-corrected chi connectivity index (χ1v) is 16.1. The molecule has 0 bridgehead atoms. The summed E-state index contributed by atoms with van der Waals surface area (Å²) in [6, 6.07) is 0. The van der Waals surface area contributed by atoms with E-state index in [-0.39, 0.29) is 6.42 Å². The fourth-order valence-electron chi connectivity index (χ4n) is 5.14. The van der Waals surface area contributed by atoms with Gasteiger partial charge in [0.15, 0.2) is 0 Å². The Hall–Kier alpha value is -0.140. The summed E-state index contributed by atoms with van der Waals surface area (Å²) in [6.07, 6.45) is 38.0. The molecule has 0 saturated carbocycles. The van der Waals surface area contributed by atoms with Crippen molar-refractivity contribution in [1.82, 2.24) is 0 Å². The van der Waals surface area contributed by atoms with Gasteiger partial charge in [-0.1, -0.05) is 187 Å². The van der Waals surface area contributed by atoms with E-state index in [1.165, 1.54) is 167 Å². The molecular formula is C32H64F2. The number of hydrogen-bond donors (Lipinski definition) is 0. The van der Waals surface area contributed by atoms with Crippen LogP contribution in [0.1, 0.15) is 200 Å². The van der Waals surface area contributed by atoms with Gasteiger partial charge in [0.25, 0.3) is 0 Å². The third-order valence-corrected chi connectivity index (χ3v) is 7.53. The van der Waals surface area contributed by atoms with Crippen LogP contribution in [0, 0.1) is 0 Å². The van der Waals surface area contributed by atoms with Gasteiger partial charge in [-0.3, -0.25) is 0 Å². The van der Waals surface area contributed by atoms with Gasteiger partial charge in [0.1, 0.15) is 0 Å². The molecule has 0 aromatic rings. The van der Waals surface area contributed by atoms with E-state index in [9.17, 15) is 8.78 Å². The van der Waals surface area contributed by atoms with Gasteiger partial charge in [-0.25, -0.2) is 8.78 Å². The second-order valence-corrected chi connectivity index (χ2v) is 11.1. The highest BCUT2D eigenvalue weighted by atomic mass is 19.3. The van der Waals surface area contributed by atoms with Gasteiger partial charge in [-0.05, 0) is 6.42 Å². The van der Waals surface area contributed by atoms with Gasteiger partial charge < -0.3 is 0 Å². The number of rotatable bonds is 30. The Balaban J connectivity index is 3.00. The number of hydrogen-bond acceptors (Lipinski definition) is 0. The molecule has 0 amide bonds. The average molecular weight is 487 g/mol. The van der Waals surface area contributed by atoms with Gasteiger partial charge in [-0.2, -0.15) is 0 Å². The molecule has 34 heavy (non-hydrogen) atoms. The predicted molar refractivity (Wildman–Crippen MR) is 150 cm³/mol. The van der Waals surface area contributed by atoms with Gasteiger partial charge in [0.05, 0.1) is 0 Å². The van der Waals surface area contributed by atoms with E-state index in [2.05, 4.69) is 6.92 Å². The molecule has 206 valence electrons. The van der Waals surface area contributed by atoms with Crippen LogP contribution in [0.2, 0.25) is 0 Å². The summed E-state index contributed by atoms with van der Waals surface area (Å²) in [5, 5.41) is 0. The number of halogens is 2. The van der Waals surface area contributed by atoms with Gasteiger partial charge >= 0.3 is 0 Å². The summed E-state index contributed by atoms with van der Waals surface area (Å²) in [7, 11) is 0. The fraction of sp³-hybridized carbons (Fsp3) is 1.00. The van der Waals surface area contributed by atoms with Crippen molar-refractivity contribution in [3.63, 3.8) is 0 Å². The molecule has 0 aliphatic carbocycles. The number of unbranched alkanes of at least 4 members (excludes halogenated alkanes) is 28. The molecule has 0 nitrogen and oxygen atoms in total. The molecule has 0 radical (unpaired) electrons. The summed E-state index contributed by atoms with van der Waals surface area (Å²) in [4.78, 5) is 0. The number of alkyl halides is 2. The van der Waals surface area contributed by atoms with E-state index in [1.807, 2.05) is 0 Å². The molecule has 0 saturated heterocycles. The van der Waals surface area contributed by atoms with Crippen molar-refractivity contribution in [3.8, 4) is 0 Å². The predicted octanol–water partition coefficient (Wildman–Crippen LogP) is 13.0. The maximum Gasteiger partial charge on any atom is 0.238 e. The topological polar surface area (TPSA) is 0 Å². The Morgan fingerprint density at radius 3 is 0.647 bits per heavy atom. The normalized spacial score (nSPS) is 11.6. The SMILES string of the molecule is CCCCCCCCCCCCCCCCCCCCCCCCCCCCCCCC(F)F. The molecular weight excluding hydrogens is 422 g/mol. The summed E-state index contributed by atoms with van der Waals surface area (Å²) < 4.78 is 24.1. The zero-order valence-corrected chi connectivity index (χ0v) is 23.5. The van der Waals surface area contributed by atoms with Crippen molar-refractivity contribution in [2.75, 3.05) is 0 Å². The van der Waals surface area contributed by atoms with Gasteiger partial charge in [-0.15, -0.1) is 0 Å².